The van der Waals surface area contributed by atoms with Gasteiger partial charge in [0.05, 0.1) is 0 Å². The third-order valence-corrected chi connectivity index (χ3v) is 3.30. The Morgan fingerprint density at radius 2 is 2.11 bits per heavy atom. The summed E-state index contributed by atoms with van der Waals surface area (Å²) in [6, 6.07) is 0.825. The molecule has 0 saturated heterocycles. The topological polar surface area (TPSA) is 67.6 Å². The Kier molecular flexibility index (Phi) is 6.07. The minimum Gasteiger partial charge on any atom is -0.444 e. The highest BCUT2D eigenvalue weighted by Crippen LogP contribution is 2.16. The molecule has 1 saturated carbocycles. The molecule has 0 heterocycles. The van der Waals surface area contributed by atoms with Gasteiger partial charge in [-0.05, 0) is 40.0 Å². The van der Waals surface area contributed by atoms with Gasteiger partial charge in [0.2, 0.25) is 0 Å². The van der Waals surface area contributed by atoms with Crippen LogP contribution in [0.4, 0.5) is 4.79 Å². The number of rotatable bonds is 4. The second kappa shape index (κ2) is 7.10. The molecule has 1 aliphatic rings. The Morgan fingerprint density at radius 1 is 1.42 bits per heavy atom. The number of nitrogens with two attached hydrogens (primary N) is 1. The first-order valence-corrected chi connectivity index (χ1v) is 7.21. The van der Waals surface area contributed by atoms with Gasteiger partial charge in [-0.2, -0.15) is 0 Å². The van der Waals surface area contributed by atoms with Crippen molar-refractivity contribution in [3.05, 3.63) is 0 Å². The molecule has 19 heavy (non-hydrogen) atoms. The predicted octanol–water partition coefficient (Wildman–Crippen LogP) is 1.71. The molecule has 2 atom stereocenters. The number of nitrogens with zero attached hydrogens (tertiary/aromatic N) is 1. The monoisotopic (exact) mass is 271 g/mol. The fraction of sp³-hybridized carbons (Fsp3) is 0.929. The van der Waals surface area contributed by atoms with E-state index in [1.807, 2.05) is 20.8 Å². The minimum atomic E-state index is -0.436. The second-order valence-electron chi connectivity index (χ2n) is 6.48. The summed E-state index contributed by atoms with van der Waals surface area (Å²) in [5.74, 6) is 0. The lowest BCUT2D eigenvalue weighted by atomic mass is 9.92. The van der Waals surface area contributed by atoms with E-state index in [1.165, 1.54) is 12.8 Å². The number of carbonyl (C=O) groups excluding carboxylic acids is 1. The van der Waals surface area contributed by atoms with Crippen molar-refractivity contribution in [2.75, 3.05) is 20.1 Å². The van der Waals surface area contributed by atoms with Gasteiger partial charge in [-0.1, -0.05) is 6.42 Å². The summed E-state index contributed by atoms with van der Waals surface area (Å²) < 4.78 is 5.30. The lowest BCUT2D eigenvalue weighted by Crippen LogP contribution is -2.43. The summed E-state index contributed by atoms with van der Waals surface area (Å²) in [5, 5.41) is 3.47. The van der Waals surface area contributed by atoms with E-state index in [-0.39, 0.29) is 6.09 Å². The maximum Gasteiger partial charge on any atom is 0.410 e. The molecule has 5 heteroatoms. The zero-order chi connectivity index (χ0) is 14.5. The van der Waals surface area contributed by atoms with Crippen molar-refractivity contribution in [1.29, 1.82) is 0 Å². The van der Waals surface area contributed by atoms with Crippen LogP contribution < -0.4 is 11.1 Å². The molecule has 2 unspecified atom stereocenters. The Hall–Kier alpha value is -0.810. The Bertz CT molecular complexity index is 289. The van der Waals surface area contributed by atoms with Crippen molar-refractivity contribution in [2.45, 2.75) is 64.1 Å². The first-order valence-electron chi connectivity index (χ1n) is 7.21. The van der Waals surface area contributed by atoms with Gasteiger partial charge in [0.25, 0.3) is 0 Å². The first kappa shape index (κ1) is 16.2. The summed E-state index contributed by atoms with van der Waals surface area (Å²) in [6.45, 7) is 7.06. The fourth-order valence-electron chi connectivity index (χ4n) is 2.28. The van der Waals surface area contributed by atoms with E-state index >= 15 is 0 Å². The highest BCUT2D eigenvalue weighted by Gasteiger charge is 2.21. The van der Waals surface area contributed by atoms with Crippen LogP contribution in [-0.4, -0.2) is 48.8 Å². The van der Waals surface area contributed by atoms with Crippen molar-refractivity contribution < 1.29 is 9.53 Å². The number of carbonyl (C=O) groups is 1. The summed E-state index contributed by atoms with van der Waals surface area (Å²) in [6.07, 6.45) is 4.28. The molecular weight excluding hydrogens is 242 g/mol. The van der Waals surface area contributed by atoms with Crippen molar-refractivity contribution in [1.82, 2.24) is 10.2 Å². The number of nitrogens with one attached hydrogen (secondary N) is 1. The molecule has 1 fully saturated rings. The highest BCUT2D eigenvalue weighted by atomic mass is 16.6. The summed E-state index contributed by atoms with van der Waals surface area (Å²) in [5.41, 5.74) is 5.51. The number of amides is 1. The van der Waals surface area contributed by atoms with E-state index in [9.17, 15) is 4.79 Å². The van der Waals surface area contributed by atoms with Crippen LogP contribution in [0.15, 0.2) is 0 Å². The summed E-state index contributed by atoms with van der Waals surface area (Å²) in [4.78, 5) is 13.4. The zero-order valence-corrected chi connectivity index (χ0v) is 12.7. The Labute approximate surface area is 116 Å². The van der Waals surface area contributed by atoms with E-state index in [1.54, 1.807) is 11.9 Å². The molecule has 0 spiro atoms. The van der Waals surface area contributed by atoms with Crippen LogP contribution >= 0.6 is 0 Å². The molecule has 1 amide bonds. The van der Waals surface area contributed by atoms with Gasteiger partial charge in [-0.3, -0.25) is 0 Å². The molecule has 0 aromatic rings. The van der Waals surface area contributed by atoms with Crippen LogP contribution in [0.1, 0.15) is 46.5 Å². The Morgan fingerprint density at radius 3 is 2.68 bits per heavy atom. The minimum absolute atomic E-state index is 0.269. The largest absolute Gasteiger partial charge is 0.444 e. The molecule has 0 aliphatic heterocycles. The van der Waals surface area contributed by atoms with Crippen LogP contribution in [0.5, 0.6) is 0 Å². The van der Waals surface area contributed by atoms with Gasteiger partial charge in [0, 0.05) is 32.2 Å². The van der Waals surface area contributed by atoms with Gasteiger partial charge in [-0.25, -0.2) is 4.79 Å². The number of hydrogen-bond acceptors (Lipinski definition) is 4. The number of likely N-dealkylation sites (N-methyl/N-ethyl adjacent to an activating group) is 1. The van der Waals surface area contributed by atoms with Gasteiger partial charge >= 0.3 is 6.09 Å². The second-order valence-corrected chi connectivity index (χ2v) is 6.48. The quantitative estimate of drug-likeness (QED) is 0.817. The molecule has 0 bridgehead atoms. The summed E-state index contributed by atoms with van der Waals surface area (Å²) in [7, 11) is 1.77. The van der Waals surface area contributed by atoms with E-state index < -0.39 is 5.60 Å². The smallest absolute Gasteiger partial charge is 0.410 e. The molecule has 0 aromatic heterocycles. The van der Waals surface area contributed by atoms with Crippen LogP contribution in [0.3, 0.4) is 0 Å². The number of hydrogen-bond donors (Lipinski definition) is 2. The summed E-state index contributed by atoms with van der Waals surface area (Å²) >= 11 is 0. The molecule has 5 nitrogen and oxygen atoms in total. The maximum absolute atomic E-state index is 11.7. The lowest BCUT2D eigenvalue weighted by molar-refractivity contribution is 0.0299. The zero-order valence-electron chi connectivity index (χ0n) is 12.7. The van der Waals surface area contributed by atoms with Gasteiger partial charge in [0.15, 0.2) is 0 Å². The average molecular weight is 271 g/mol. The van der Waals surface area contributed by atoms with Gasteiger partial charge in [0.1, 0.15) is 5.60 Å². The van der Waals surface area contributed by atoms with E-state index in [2.05, 4.69) is 5.32 Å². The standard InChI is InChI=1S/C14H29N3O2/c1-14(2,3)19-13(18)17(4)9-8-16-12-7-5-6-11(15)10-12/h11-12,16H,5-10,15H2,1-4H3. The predicted molar refractivity (Wildman–Crippen MR) is 77.1 cm³/mol. The van der Waals surface area contributed by atoms with Crippen molar-refractivity contribution in [3.63, 3.8) is 0 Å². The molecule has 3 N–H and O–H groups in total. The van der Waals surface area contributed by atoms with Gasteiger partial charge in [-0.15, -0.1) is 0 Å². The molecular formula is C14H29N3O2. The molecule has 0 aromatic carbocycles. The van der Waals surface area contributed by atoms with E-state index in [4.69, 9.17) is 10.5 Å². The van der Waals surface area contributed by atoms with Crippen LogP contribution in [0.2, 0.25) is 0 Å². The van der Waals surface area contributed by atoms with Crippen LogP contribution in [0, 0.1) is 0 Å². The average Bonchev–Trinajstić information content (AvgIpc) is 2.26. The molecule has 0 radical (unpaired) electrons. The molecule has 112 valence electrons. The first-order chi connectivity index (χ1) is 8.78. The molecule has 1 rings (SSSR count). The third-order valence-electron chi connectivity index (χ3n) is 3.30. The van der Waals surface area contributed by atoms with E-state index in [0.717, 1.165) is 19.4 Å². The third kappa shape index (κ3) is 6.78. The maximum atomic E-state index is 11.7. The van der Waals surface area contributed by atoms with Crippen molar-refractivity contribution in [3.8, 4) is 0 Å². The normalized spacial score (nSPS) is 24.1. The van der Waals surface area contributed by atoms with E-state index in [0.29, 0.717) is 18.6 Å². The number of ether oxygens (including phenoxy) is 1. The Balaban J connectivity index is 2.19. The van der Waals surface area contributed by atoms with Gasteiger partial charge < -0.3 is 20.7 Å². The fourth-order valence-corrected chi connectivity index (χ4v) is 2.28. The van der Waals surface area contributed by atoms with Crippen LogP contribution in [0.25, 0.3) is 0 Å². The van der Waals surface area contributed by atoms with Crippen molar-refractivity contribution >= 4 is 6.09 Å². The van der Waals surface area contributed by atoms with Crippen LogP contribution in [-0.2, 0) is 4.74 Å². The molecule has 1 aliphatic carbocycles. The lowest BCUT2D eigenvalue weighted by Gasteiger charge is -2.29. The highest BCUT2D eigenvalue weighted by molar-refractivity contribution is 5.67. The SMILES string of the molecule is CN(CCNC1CCCC(N)C1)C(=O)OC(C)(C)C. The van der Waals surface area contributed by atoms with Crippen molar-refractivity contribution in [2.24, 2.45) is 5.73 Å².